The molecule has 0 radical (unpaired) electrons. The normalized spacial score (nSPS) is 13.7. The summed E-state index contributed by atoms with van der Waals surface area (Å²) in [6.45, 7) is 9.26. The van der Waals surface area contributed by atoms with E-state index in [1.807, 2.05) is 20.8 Å². The molecule has 0 aliphatic carbocycles. The van der Waals surface area contributed by atoms with Crippen molar-refractivity contribution in [3.8, 4) is 0 Å². The smallest absolute Gasteiger partial charge is 0.407 e. The number of hydrogen-bond donors (Lipinski definition) is 2. The molecule has 132 valence electrons. The van der Waals surface area contributed by atoms with Crippen LogP contribution >= 0.6 is 11.3 Å². The van der Waals surface area contributed by atoms with E-state index in [0.29, 0.717) is 0 Å². The molecule has 1 amide bonds. The second-order valence-corrected chi connectivity index (χ2v) is 7.73. The molecule has 0 bridgehead atoms. The number of carbonyl (C=O) groups is 1. The molecule has 0 spiro atoms. The van der Waals surface area contributed by atoms with Crippen molar-refractivity contribution in [2.24, 2.45) is 0 Å². The quantitative estimate of drug-likeness (QED) is 0.824. The van der Waals surface area contributed by atoms with E-state index < -0.39 is 30.7 Å². The van der Waals surface area contributed by atoms with Crippen molar-refractivity contribution in [1.82, 2.24) is 15.6 Å². The number of nitrogens with zero attached hydrogens (tertiary/aromatic N) is 1. The van der Waals surface area contributed by atoms with Crippen LogP contribution in [0, 0.1) is 13.8 Å². The summed E-state index contributed by atoms with van der Waals surface area (Å²) in [5.41, 5.74) is 0.135. The molecule has 23 heavy (non-hydrogen) atoms. The molecule has 2 N–H and O–H groups in total. The number of alkyl carbamates (subject to hydrolysis) is 1. The van der Waals surface area contributed by atoms with Crippen molar-refractivity contribution in [3.63, 3.8) is 0 Å². The Morgan fingerprint density at radius 3 is 2.39 bits per heavy atom. The number of rotatable bonds is 6. The molecule has 1 heterocycles. The zero-order chi connectivity index (χ0) is 17.8. The number of halogens is 2. The van der Waals surface area contributed by atoms with Crippen LogP contribution < -0.4 is 10.6 Å². The summed E-state index contributed by atoms with van der Waals surface area (Å²) in [7, 11) is 0. The molecule has 0 aliphatic rings. The SMILES string of the molecule is Cc1nc(C)c(C(C)NCC(F)(F)CNC(=O)OC(C)(C)C)s1. The number of hydrogen-bond acceptors (Lipinski definition) is 5. The van der Waals surface area contributed by atoms with Crippen LogP contribution in [0.4, 0.5) is 13.6 Å². The highest BCUT2D eigenvalue weighted by molar-refractivity contribution is 7.11. The first-order valence-corrected chi connectivity index (χ1v) is 8.23. The van der Waals surface area contributed by atoms with E-state index in [1.54, 1.807) is 20.8 Å². The van der Waals surface area contributed by atoms with Crippen molar-refractivity contribution >= 4 is 17.4 Å². The Hall–Kier alpha value is -1.28. The second-order valence-electron chi connectivity index (χ2n) is 6.50. The van der Waals surface area contributed by atoms with Crippen LogP contribution in [0.2, 0.25) is 0 Å². The third-order valence-corrected chi connectivity index (χ3v) is 4.15. The molecule has 1 unspecified atom stereocenters. The molecular weight excluding hydrogens is 324 g/mol. The van der Waals surface area contributed by atoms with Crippen LogP contribution in [-0.4, -0.2) is 35.7 Å². The minimum atomic E-state index is -3.07. The van der Waals surface area contributed by atoms with Gasteiger partial charge >= 0.3 is 6.09 Å². The van der Waals surface area contributed by atoms with Gasteiger partial charge in [0.2, 0.25) is 0 Å². The monoisotopic (exact) mass is 349 g/mol. The largest absolute Gasteiger partial charge is 0.444 e. The fraction of sp³-hybridized carbons (Fsp3) is 0.733. The summed E-state index contributed by atoms with van der Waals surface area (Å²) < 4.78 is 32.6. The highest BCUT2D eigenvalue weighted by Crippen LogP contribution is 2.25. The van der Waals surface area contributed by atoms with E-state index in [9.17, 15) is 13.6 Å². The van der Waals surface area contributed by atoms with Crippen LogP contribution in [0.1, 0.15) is 49.3 Å². The van der Waals surface area contributed by atoms with Gasteiger partial charge in [-0.2, -0.15) is 0 Å². The van der Waals surface area contributed by atoms with E-state index in [-0.39, 0.29) is 6.04 Å². The fourth-order valence-electron chi connectivity index (χ4n) is 1.92. The van der Waals surface area contributed by atoms with Gasteiger partial charge in [0.05, 0.1) is 23.8 Å². The van der Waals surface area contributed by atoms with E-state index in [2.05, 4.69) is 15.6 Å². The van der Waals surface area contributed by atoms with E-state index >= 15 is 0 Å². The van der Waals surface area contributed by atoms with Gasteiger partial charge in [-0.25, -0.2) is 18.6 Å². The van der Waals surface area contributed by atoms with Gasteiger partial charge in [0.1, 0.15) is 5.60 Å². The number of nitrogens with one attached hydrogen (secondary N) is 2. The lowest BCUT2D eigenvalue weighted by molar-refractivity contribution is -0.00519. The predicted molar refractivity (Wildman–Crippen MR) is 87.2 cm³/mol. The highest BCUT2D eigenvalue weighted by atomic mass is 32.1. The number of aryl methyl sites for hydroxylation is 2. The maximum atomic E-state index is 13.9. The maximum Gasteiger partial charge on any atom is 0.407 e. The molecule has 0 aromatic carbocycles. The topological polar surface area (TPSA) is 63.2 Å². The summed E-state index contributed by atoms with van der Waals surface area (Å²) >= 11 is 1.49. The number of aromatic nitrogens is 1. The first-order valence-electron chi connectivity index (χ1n) is 7.41. The Kier molecular flexibility index (Phi) is 6.47. The highest BCUT2D eigenvalue weighted by Gasteiger charge is 2.31. The molecule has 1 rings (SSSR count). The van der Waals surface area contributed by atoms with Crippen molar-refractivity contribution in [2.75, 3.05) is 13.1 Å². The Morgan fingerprint density at radius 1 is 1.30 bits per heavy atom. The summed E-state index contributed by atoms with van der Waals surface area (Å²) in [5, 5.41) is 5.80. The van der Waals surface area contributed by atoms with Crippen LogP contribution in [-0.2, 0) is 4.74 Å². The van der Waals surface area contributed by atoms with Crippen molar-refractivity contribution < 1.29 is 18.3 Å². The number of amides is 1. The van der Waals surface area contributed by atoms with Gasteiger partial charge in [0, 0.05) is 10.9 Å². The molecule has 0 fully saturated rings. The lowest BCUT2D eigenvalue weighted by Gasteiger charge is -2.23. The first kappa shape index (κ1) is 19.8. The van der Waals surface area contributed by atoms with Gasteiger partial charge in [-0.15, -0.1) is 11.3 Å². The average Bonchev–Trinajstić information content (AvgIpc) is 2.71. The van der Waals surface area contributed by atoms with E-state index in [4.69, 9.17) is 4.74 Å². The van der Waals surface area contributed by atoms with Crippen LogP contribution in [0.3, 0.4) is 0 Å². The predicted octanol–water partition coefficient (Wildman–Crippen LogP) is 3.57. The molecule has 1 atom stereocenters. The van der Waals surface area contributed by atoms with E-state index in [0.717, 1.165) is 15.6 Å². The lowest BCUT2D eigenvalue weighted by Crippen LogP contribution is -2.45. The summed E-state index contributed by atoms with van der Waals surface area (Å²) in [6.07, 6.45) is -0.848. The van der Waals surface area contributed by atoms with Gasteiger partial charge in [0.15, 0.2) is 0 Å². The van der Waals surface area contributed by atoms with Crippen molar-refractivity contribution in [1.29, 1.82) is 0 Å². The van der Waals surface area contributed by atoms with Crippen LogP contribution in [0.15, 0.2) is 0 Å². The van der Waals surface area contributed by atoms with Gasteiger partial charge in [-0.05, 0) is 41.5 Å². The van der Waals surface area contributed by atoms with Gasteiger partial charge in [-0.1, -0.05) is 0 Å². The molecule has 5 nitrogen and oxygen atoms in total. The molecule has 0 saturated carbocycles. The molecular formula is C15H25F2N3O2S. The third kappa shape index (κ3) is 7.22. The molecule has 0 saturated heterocycles. The zero-order valence-electron chi connectivity index (χ0n) is 14.4. The number of alkyl halides is 2. The molecule has 8 heteroatoms. The van der Waals surface area contributed by atoms with Crippen molar-refractivity contribution in [2.45, 2.75) is 59.1 Å². The fourth-order valence-corrected chi connectivity index (χ4v) is 2.88. The average molecular weight is 349 g/mol. The molecule has 1 aromatic heterocycles. The summed E-state index contributed by atoms with van der Waals surface area (Å²) in [4.78, 5) is 16.6. The number of ether oxygens (including phenoxy) is 1. The lowest BCUT2D eigenvalue weighted by atomic mass is 10.2. The minimum Gasteiger partial charge on any atom is -0.444 e. The minimum absolute atomic E-state index is 0.228. The standard InChI is InChI=1S/C15H25F2N3O2S/c1-9(12-10(2)20-11(3)23-12)18-7-15(16,17)8-19-13(21)22-14(4,5)6/h9,18H,7-8H2,1-6H3,(H,19,21). The van der Waals surface area contributed by atoms with Crippen molar-refractivity contribution in [3.05, 3.63) is 15.6 Å². The van der Waals surface area contributed by atoms with Gasteiger partial charge in [0.25, 0.3) is 5.92 Å². The second kappa shape index (κ2) is 7.53. The van der Waals surface area contributed by atoms with E-state index in [1.165, 1.54) is 11.3 Å². The Balaban J connectivity index is 2.46. The number of carbonyl (C=O) groups excluding carboxylic acids is 1. The molecule has 1 aromatic rings. The Bertz CT molecular complexity index is 541. The Labute approximate surface area is 139 Å². The maximum absolute atomic E-state index is 13.9. The zero-order valence-corrected chi connectivity index (χ0v) is 15.2. The van der Waals surface area contributed by atoms with Crippen LogP contribution in [0.25, 0.3) is 0 Å². The summed E-state index contributed by atoms with van der Waals surface area (Å²) in [6, 6.07) is -0.228. The summed E-state index contributed by atoms with van der Waals surface area (Å²) in [5.74, 6) is -3.07. The van der Waals surface area contributed by atoms with Gasteiger partial charge in [-0.3, -0.25) is 0 Å². The number of thiazole rings is 1. The Morgan fingerprint density at radius 2 is 1.91 bits per heavy atom. The van der Waals surface area contributed by atoms with Gasteiger partial charge < -0.3 is 15.4 Å². The molecule has 0 aliphatic heterocycles. The van der Waals surface area contributed by atoms with Crippen LogP contribution in [0.5, 0.6) is 0 Å². The third-order valence-electron chi connectivity index (χ3n) is 2.89. The first-order chi connectivity index (χ1) is 10.4.